The van der Waals surface area contributed by atoms with Gasteiger partial charge in [-0.05, 0) is 27.2 Å². The van der Waals surface area contributed by atoms with Crippen molar-refractivity contribution in [2.24, 2.45) is 0 Å². The Hall–Kier alpha value is -1.76. The average Bonchev–Trinajstić information content (AvgIpc) is 2.89. The van der Waals surface area contributed by atoms with Crippen LogP contribution < -0.4 is 5.32 Å². The second kappa shape index (κ2) is 6.13. The summed E-state index contributed by atoms with van der Waals surface area (Å²) in [5.41, 5.74) is 1.05. The van der Waals surface area contributed by atoms with Crippen LogP contribution in [0.4, 0.5) is 5.13 Å². The number of nitrogens with zero attached hydrogens (tertiary/aromatic N) is 4. The van der Waals surface area contributed by atoms with E-state index in [0.717, 1.165) is 28.6 Å². The molecule has 0 saturated carbocycles. The predicted molar refractivity (Wildman–Crippen MR) is 79.0 cm³/mol. The molecular weight excluding hydrogens is 274 g/mol. The number of amides is 1. The van der Waals surface area contributed by atoms with Gasteiger partial charge in [-0.25, -0.2) is 14.6 Å². The van der Waals surface area contributed by atoms with Crippen LogP contribution in [0.5, 0.6) is 0 Å². The Balaban J connectivity index is 1.90. The molecular formula is C13H19N5OS. The number of rotatable bonds is 5. The number of carbonyl (C=O) groups is 1. The van der Waals surface area contributed by atoms with Gasteiger partial charge in [-0.3, -0.25) is 4.79 Å². The van der Waals surface area contributed by atoms with Crippen LogP contribution in [-0.2, 0) is 17.8 Å². The number of thiazole rings is 1. The van der Waals surface area contributed by atoms with Gasteiger partial charge >= 0.3 is 0 Å². The van der Waals surface area contributed by atoms with E-state index in [1.807, 2.05) is 20.8 Å². The molecule has 1 amide bonds. The fourth-order valence-electron chi connectivity index (χ4n) is 1.97. The third-order valence-corrected chi connectivity index (χ3v) is 3.92. The van der Waals surface area contributed by atoms with Crippen molar-refractivity contribution in [3.63, 3.8) is 0 Å². The van der Waals surface area contributed by atoms with E-state index < -0.39 is 0 Å². The Morgan fingerprint density at radius 1 is 1.30 bits per heavy atom. The fraction of sp³-hybridized carbons (Fsp3) is 0.538. The first-order chi connectivity index (χ1) is 9.49. The number of hydrogen-bond donors (Lipinski definition) is 1. The Kier molecular flexibility index (Phi) is 4.49. The van der Waals surface area contributed by atoms with E-state index in [-0.39, 0.29) is 5.91 Å². The molecule has 20 heavy (non-hydrogen) atoms. The zero-order valence-corrected chi connectivity index (χ0v) is 13.0. The zero-order valence-electron chi connectivity index (χ0n) is 12.2. The lowest BCUT2D eigenvalue weighted by Gasteiger charge is -2.03. The van der Waals surface area contributed by atoms with Crippen LogP contribution in [-0.4, -0.2) is 25.7 Å². The zero-order chi connectivity index (χ0) is 14.7. The summed E-state index contributed by atoms with van der Waals surface area (Å²) in [5, 5.41) is 7.75. The average molecular weight is 293 g/mol. The number of hydrogen-bond acceptors (Lipinski definition) is 5. The van der Waals surface area contributed by atoms with Gasteiger partial charge in [0.25, 0.3) is 0 Å². The highest BCUT2D eigenvalue weighted by Crippen LogP contribution is 2.22. The molecule has 0 radical (unpaired) electrons. The van der Waals surface area contributed by atoms with E-state index in [4.69, 9.17) is 0 Å². The van der Waals surface area contributed by atoms with Gasteiger partial charge in [0.05, 0.1) is 12.2 Å². The van der Waals surface area contributed by atoms with Gasteiger partial charge in [0.15, 0.2) is 5.13 Å². The molecule has 0 aliphatic carbocycles. The van der Waals surface area contributed by atoms with Crippen LogP contribution in [0.1, 0.15) is 35.6 Å². The quantitative estimate of drug-likeness (QED) is 0.917. The molecule has 108 valence electrons. The summed E-state index contributed by atoms with van der Waals surface area (Å²) in [5.74, 6) is 1.51. The van der Waals surface area contributed by atoms with Crippen LogP contribution in [0.2, 0.25) is 0 Å². The van der Waals surface area contributed by atoms with Crippen LogP contribution in [0.3, 0.4) is 0 Å². The lowest BCUT2D eigenvalue weighted by atomic mass is 10.3. The summed E-state index contributed by atoms with van der Waals surface area (Å²) >= 11 is 1.52. The fourth-order valence-corrected chi connectivity index (χ4v) is 2.89. The highest BCUT2D eigenvalue weighted by atomic mass is 32.1. The largest absolute Gasteiger partial charge is 0.302 e. The lowest BCUT2D eigenvalue weighted by molar-refractivity contribution is -0.116. The first-order valence-electron chi connectivity index (χ1n) is 6.63. The van der Waals surface area contributed by atoms with Gasteiger partial charge in [0.2, 0.25) is 5.91 Å². The van der Waals surface area contributed by atoms with E-state index in [9.17, 15) is 4.79 Å². The molecule has 0 atom stereocenters. The summed E-state index contributed by atoms with van der Waals surface area (Å²) < 4.78 is 1.75. The van der Waals surface area contributed by atoms with Gasteiger partial charge in [-0.1, -0.05) is 6.92 Å². The molecule has 2 aromatic rings. The van der Waals surface area contributed by atoms with Crippen LogP contribution in [0, 0.1) is 20.8 Å². The Morgan fingerprint density at radius 3 is 2.60 bits per heavy atom. The molecule has 0 fully saturated rings. The van der Waals surface area contributed by atoms with Crippen molar-refractivity contribution in [2.45, 2.75) is 47.1 Å². The third-order valence-electron chi connectivity index (χ3n) is 2.99. The normalized spacial score (nSPS) is 10.8. The molecule has 0 spiro atoms. The lowest BCUT2D eigenvalue weighted by Crippen LogP contribution is -2.15. The van der Waals surface area contributed by atoms with E-state index >= 15 is 0 Å². The minimum atomic E-state index is -0.0473. The van der Waals surface area contributed by atoms with Crippen molar-refractivity contribution in [3.8, 4) is 0 Å². The van der Waals surface area contributed by atoms with E-state index in [2.05, 4.69) is 27.3 Å². The Morgan fingerprint density at radius 2 is 2.05 bits per heavy atom. The van der Waals surface area contributed by atoms with Gasteiger partial charge in [0, 0.05) is 11.3 Å². The molecule has 0 unspecified atom stereocenters. The van der Waals surface area contributed by atoms with E-state index in [1.54, 1.807) is 4.68 Å². The molecule has 2 aromatic heterocycles. The molecule has 0 aromatic carbocycles. The minimum absolute atomic E-state index is 0.0473. The highest BCUT2D eigenvalue weighted by molar-refractivity contribution is 7.15. The van der Waals surface area contributed by atoms with Crippen LogP contribution in [0.15, 0.2) is 0 Å². The predicted octanol–water partition coefficient (Wildman–Crippen LogP) is 2.25. The standard InChI is InChI=1S/C13H19N5OS/c1-5-11-8(2)20-13(15-11)16-12(19)6-7-18-10(4)14-9(3)17-18/h5-7H2,1-4H3,(H,15,16,19). The minimum Gasteiger partial charge on any atom is -0.302 e. The molecule has 0 aliphatic rings. The van der Waals surface area contributed by atoms with Crippen molar-refractivity contribution in [2.75, 3.05) is 5.32 Å². The summed E-state index contributed by atoms with van der Waals surface area (Å²) in [6.45, 7) is 8.34. The van der Waals surface area contributed by atoms with Crippen molar-refractivity contribution >= 4 is 22.4 Å². The monoisotopic (exact) mass is 293 g/mol. The summed E-state index contributed by atoms with van der Waals surface area (Å²) in [4.78, 5) is 21.7. The molecule has 2 heterocycles. The second-order valence-electron chi connectivity index (χ2n) is 4.60. The maximum absolute atomic E-state index is 11.9. The molecule has 2 rings (SSSR count). The number of aryl methyl sites for hydroxylation is 5. The smallest absolute Gasteiger partial charge is 0.228 e. The molecule has 0 saturated heterocycles. The molecule has 6 nitrogen and oxygen atoms in total. The summed E-state index contributed by atoms with van der Waals surface area (Å²) in [6.07, 6.45) is 1.25. The number of aromatic nitrogens is 4. The maximum atomic E-state index is 11.9. The van der Waals surface area contributed by atoms with Gasteiger partial charge < -0.3 is 5.32 Å². The molecule has 0 bridgehead atoms. The van der Waals surface area contributed by atoms with Crippen LogP contribution in [0.25, 0.3) is 0 Å². The Labute approximate surface area is 122 Å². The molecule has 1 N–H and O–H groups in total. The van der Waals surface area contributed by atoms with E-state index in [1.165, 1.54) is 11.3 Å². The van der Waals surface area contributed by atoms with Crippen molar-refractivity contribution in [3.05, 3.63) is 22.2 Å². The maximum Gasteiger partial charge on any atom is 0.228 e. The summed E-state index contributed by atoms with van der Waals surface area (Å²) in [7, 11) is 0. The number of anilines is 1. The summed E-state index contributed by atoms with van der Waals surface area (Å²) in [6, 6.07) is 0. The molecule has 7 heteroatoms. The molecule has 0 aliphatic heterocycles. The highest BCUT2D eigenvalue weighted by Gasteiger charge is 2.10. The van der Waals surface area contributed by atoms with Gasteiger partial charge in [-0.2, -0.15) is 5.10 Å². The van der Waals surface area contributed by atoms with Crippen molar-refractivity contribution < 1.29 is 4.79 Å². The van der Waals surface area contributed by atoms with Gasteiger partial charge in [0.1, 0.15) is 11.6 Å². The number of nitrogens with one attached hydrogen (secondary N) is 1. The third kappa shape index (κ3) is 3.41. The van der Waals surface area contributed by atoms with Crippen molar-refractivity contribution in [1.82, 2.24) is 19.7 Å². The second-order valence-corrected chi connectivity index (χ2v) is 5.81. The van der Waals surface area contributed by atoms with Crippen molar-refractivity contribution in [1.29, 1.82) is 0 Å². The first kappa shape index (κ1) is 14.6. The Bertz CT molecular complexity index is 616. The van der Waals surface area contributed by atoms with Gasteiger partial charge in [-0.15, -0.1) is 11.3 Å². The van der Waals surface area contributed by atoms with Crippen LogP contribution >= 0.6 is 11.3 Å². The SMILES string of the molecule is CCc1nc(NC(=O)CCn2nc(C)nc2C)sc1C. The topological polar surface area (TPSA) is 72.7 Å². The number of carbonyl (C=O) groups excluding carboxylic acids is 1. The van der Waals surface area contributed by atoms with E-state index in [0.29, 0.717) is 18.1 Å². The first-order valence-corrected chi connectivity index (χ1v) is 7.45.